The summed E-state index contributed by atoms with van der Waals surface area (Å²) in [6.07, 6.45) is -4.39. The smallest absolute Gasteiger partial charge is 0.381 e. The Morgan fingerprint density at radius 1 is 1.19 bits per heavy atom. The van der Waals surface area contributed by atoms with Crippen LogP contribution in [0.5, 0.6) is 0 Å². The minimum atomic E-state index is -4.91. The lowest BCUT2D eigenvalue weighted by Gasteiger charge is -2.40. The Bertz CT molecular complexity index is 786. The first-order chi connectivity index (χ1) is 11.9. The van der Waals surface area contributed by atoms with Gasteiger partial charge >= 0.3 is 6.18 Å². The third kappa shape index (κ3) is 3.53. The highest BCUT2D eigenvalue weighted by Crippen LogP contribution is 2.42. The number of rotatable bonds is 4. The van der Waals surface area contributed by atoms with Gasteiger partial charge in [-0.1, -0.05) is 0 Å². The number of benzene rings is 1. The van der Waals surface area contributed by atoms with Crippen molar-refractivity contribution < 1.29 is 35.1 Å². The summed E-state index contributed by atoms with van der Waals surface area (Å²) in [5.74, 6) is -2.94. The second-order valence-corrected chi connectivity index (χ2v) is 8.92. The van der Waals surface area contributed by atoms with Gasteiger partial charge in [-0.2, -0.15) is 13.2 Å². The normalized spacial score (nSPS) is 26.0. The average molecular weight is 399 g/mol. The fourth-order valence-corrected chi connectivity index (χ4v) is 5.47. The summed E-state index contributed by atoms with van der Waals surface area (Å²) in [4.78, 5) is 0.283. The predicted molar refractivity (Wildman–Crippen MR) is 84.2 cm³/mol. The second kappa shape index (κ2) is 6.33. The van der Waals surface area contributed by atoms with Crippen molar-refractivity contribution >= 4 is 15.5 Å². The molecule has 1 aliphatic carbocycles. The van der Waals surface area contributed by atoms with E-state index in [9.17, 15) is 30.4 Å². The van der Waals surface area contributed by atoms with E-state index in [4.69, 9.17) is 4.74 Å². The largest absolute Gasteiger partial charge is 0.417 e. The van der Waals surface area contributed by atoms with Gasteiger partial charge in [-0.25, -0.2) is 17.2 Å². The van der Waals surface area contributed by atoms with Crippen molar-refractivity contribution in [1.29, 1.82) is 0 Å². The summed E-state index contributed by atoms with van der Waals surface area (Å²) in [7, 11) is -2.79. The molecule has 0 unspecified atom stereocenters. The maximum atomic E-state index is 13.5. The fraction of sp³-hybridized carbons (Fsp3) is 0.625. The van der Waals surface area contributed by atoms with Crippen molar-refractivity contribution in [2.45, 2.75) is 47.6 Å². The lowest BCUT2D eigenvalue weighted by atomic mass is 10.1. The Kier molecular flexibility index (Phi) is 4.71. The maximum absolute atomic E-state index is 13.5. The molecule has 1 heterocycles. The third-order valence-electron chi connectivity index (χ3n) is 4.89. The van der Waals surface area contributed by atoms with Crippen LogP contribution >= 0.6 is 0 Å². The minimum Gasteiger partial charge on any atom is -0.381 e. The first-order valence-corrected chi connectivity index (χ1v) is 9.59. The van der Waals surface area contributed by atoms with E-state index in [1.165, 1.54) is 7.11 Å². The quantitative estimate of drug-likeness (QED) is 0.727. The zero-order valence-electron chi connectivity index (χ0n) is 13.9. The van der Waals surface area contributed by atoms with E-state index in [0.29, 0.717) is 12.5 Å². The number of methoxy groups -OCH3 is 1. The molecule has 146 valence electrons. The van der Waals surface area contributed by atoms with E-state index >= 15 is 0 Å². The third-order valence-corrected chi connectivity index (χ3v) is 7.17. The molecule has 0 bridgehead atoms. The van der Waals surface area contributed by atoms with Crippen LogP contribution in [0.3, 0.4) is 0 Å². The molecule has 0 amide bonds. The average Bonchev–Trinajstić information content (AvgIpc) is 3.01. The van der Waals surface area contributed by atoms with E-state index in [-0.39, 0.29) is 24.6 Å². The van der Waals surface area contributed by atoms with Gasteiger partial charge in [0.05, 0.1) is 34.9 Å². The molecule has 1 aromatic carbocycles. The van der Waals surface area contributed by atoms with E-state index in [0.717, 1.165) is 17.0 Å². The Hall–Kier alpha value is -1.42. The summed E-state index contributed by atoms with van der Waals surface area (Å²) >= 11 is 0. The van der Waals surface area contributed by atoms with Crippen LogP contribution in [0, 0.1) is 0 Å². The highest BCUT2D eigenvalue weighted by Gasteiger charge is 2.46. The van der Waals surface area contributed by atoms with Gasteiger partial charge in [-0.3, -0.25) is 0 Å². The van der Waals surface area contributed by atoms with E-state index in [2.05, 4.69) is 0 Å². The van der Waals surface area contributed by atoms with Gasteiger partial charge in [0.15, 0.2) is 9.84 Å². The molecule has 0 spiro atoms. The lowest BCUT2D eigenvalue weighted by molar-refractivity contribution is -0.139. The van der Waals surface area contributed by atoms with Gasteiger partial charge in [0.1, 0.15) is 0 Å². The number of alkyl halides is 5. The fourth-order valence-electron chi connectivity index (χ4n) is 3.46. The van der Waals surface area contributed by atoms with Gasteiger partial charge < -0.3 is 9.64 Å². The molecule has 26 heavy (non-hydrogen) atoms. The van der Waals surface area contributed by atoms with Crippen LogP contribution in [-0.2, 0) is 20.8 Å². The molecule has 0 radical (unpaired) electrons. The summed E-state index contributed by atoms with van der Waals surface area (Å²) in [6, 6.07) is 2.68. The highest BCUT2D eigenvalue weighted by atomic mass is 32.2. The molecule has 1 saturated heterocycles. The van der Waals surface area contributed by atoms with Gasteiger partial charge in [0.25, 0.3) is 5.92 Å². The SMILES string of the molecule is CO[C@H]1CC[C@H](S(=O)(=O)c2ccc(N3CC(F)(F)C3)cc2C(F)(F)F)C1. The van der Waals surface area contributed by atoms with E-state index < -0.39 is 50.7 Å². The minimum absolute atomic E-state index is 0.0663. The Morgan fingerprint density at radius 3 is 2.35 bits per heavy atom. The van der Waals surface area contributed by atoms with Crippen LogP contribution in [-0.4, -0.2) is 45.9 Å². The summed E-state index contributed by atoms with van der Waals surface area (Å²) in [5, 5.41) is -0.951. The highest BCUT2D eigenvalue weighted by molar-refractivity contribution is 7.92. The maximum Gasteiger partial charge on any atom is 0.417 e. The van der Waals surface area contributed by atoms with Gasteiger partial charge in [0, 0.05) is 12.8 Å². The molecule has 0 N–H and O–H groups in total. The van der Waals surface area contributed by atoms with Crippen LogP contribution in [0.2, 0.25) is 0 Å². The van der Waals surface area contributed by atoms with Crippen molar-refractivity contribution in [2.24, 2.45) is 0 Å². The Morgan fingerprint density at radius 2 is 1.85 bits per heavy atom. The van der Waals surface area contributed by atoms with Crippen molar-refractivity contribution in [3.05, 3.63) is 23.8 Å². The molecule has 3 rings (SSSR count). The molecule has 2 fully saturated rings. The number of hydrogen-bond donors (Lipinski definition) is 0. The number of sulfone groups is 1. The Labute approximate surface area is 147 Å². The van der Waals surface area contributed by atoms with Crippen molar-refractivity contribution in [1.82, 2.24) is 0 Å². The summed E-state index contributed by atoms with van der Waals surface area (Å²) in [6.45, 7) is -1.37. The molecule has 1 aliphatic heterocycles. The number of ether oxygens (including phenoxy) is 1. The first kappa shape index (κ1) is 19.3. The molecule has 4 nitrogen and oxygen atoms in total. The van der Waals surface area contributed by atoms with E-state index in [1.807, 2.05) is 0 Å². The topological polar surface area (TPSA) is 46.6 Å². The van der Waals surface area contributed by atoms with Crippen molar-refractivity contribution in [3.8, 4) is 0 Å². The number of halogens is 5. The standard InChI is InChI=1S/C16H18F5NO3S/c1-25-11-3-4-12(7-11)26(23,24)14-5-2-10(6-13(14)16(19,20)21)22-8-15(17,18)9-22/h2,5-6,11-12H,3-4,7-9H2,1H3/t11-,12-/m0/s1. The van der Waals surface area contributed by atoms with Gasteiger partial charge in [-0.05, 0) is 37.5 Å². The molecule has 2 aliphatic rings. The summed E-state index contributed by atoms with van der Waals surface area (Å²) in [5.41, 5.74) is -1.38. The van der Waals surface area contributed by atoms with E-state index in [1.54, 1.807) is 0 Å². The molecule has 1 saturated carbocycles. The number of anilines is 1. The zero-order chi connectivity index (χ0) is 19.3. The van der Waals surface area contributed by atoms with Crippen LogP contribution in [0.4, 0.5) is 27.6 Å². The predicted octanol–water partition coefficient (Wildman–Crippen LogP) is 3.50. The first-order valence-electron chi connectivity index (χ1n) is 8.05. The van der Waals surface area contributed by atoms with Gasteiger partial charge in [-0.15, -0.1) is 0 Å². The molecular formula is C16H18F5NO3S. The Balaban J connectivity index is 1.96. The second-order valence-electron chi connectivity index (χ2n) is 6.73. The van der Waals surface area contributed by atoms with Gasteiger partial charge in [0.2, 0.25) is 0 Å². The summed E-state index contributed by atoms with van der Waals surface area (Å²) < 4.78 is 97.0. The zero-order valence-corrected chi connectivity index (χ0v) is 14.7. The van der Waals surface area contributed by atoms with Crippen LogP contribution < -0.4 is 4.90 Å². The molecule has 1 aromatic rings. The molecule has 10 heteroatoms. The lowest BCUT2D eigenvalue weighted by Crippen LogP contribution is -2.56. The molecule has 2 atom stereocenters. The molecule has 0 aromatic heterocycles. The van der Waals surface area contributed by atoms with Crippen molar-refractivity contribution in [3.63, 3.8) is 0 Å². The number of hydrogen-bond acceptors (Lipinski definition) is 4. The monoisotopic (exact) mass is 399 g/mol. The number of nitrogens with zero attached hydrogens (tertiary/aromatic N) is 1. The van der Waals surface area contributed by atoms with Crippen LogP contribution in [0.15, 0.2) is 23.1 Å². The van der Waals surface area contributed by atoms with Crippen molar-refractivity contribution in [2.75, 3.05) is 25.1 Å². The molecular weight excluding hydrogens is 381 g/mol. The van der Waals surface area contributed by atoms with Crippen LogP contribution in [0.1, 0.15) is 24.8 Å². The van der Waals surface area contributed by atoms with Crippen LogP contribution in [0.25, 0.3) is 0 Å².